The first-order valence-corrected chi connectivity index (χ1v) is 7.73. The molecule has 0 aliphatic carbocycles. The molecule has 4 rings (SSSR count). The summed E-state index contributed by atoms with van der Waals surface area (Å²) in [5.41, 5.74) is 8.66. The molecule has 3 aromatic rings. The Bertz CT molecular complexity index is 945. The van der Waals surface area contributed by atoms with Crippen LogP contribution in [0.25, 0.3) is 10.8 Å². The van der Waals surface area contributed by atoms with E-state index in [9.17, 15) is 9.59 Å². The number of benzene rings is 2. The smallest absolute Gasteiger partial charge is 0.261 e. The summed E-state index contributed by atoms with van der Waals surface area (Å²) in [6.07, 6.45) is 4.00. The molecule has 5 nitrogen and oxygen atoms in total. The van der Waals surface area contributed by atoms with Crippen molar-refractivity contribution in [3.8, 4) is 0 Å². The van der Waals surface area contributed by atoms with E-state index < -0.39 is 0 Å². The van der Waals surface area contributed by atoms with Gasteiger partial charge in [0.15, 0.2) is 0 Å². The molecule has 5 heteroatoms. The van der Waals surface area contributed by atoms with Crippen LogP contribution in [-0.4, -0.2) is 28.2 Å². The Labute approximate surface area is 138 Å². The van der Waals surface area contributed by atoms with Gasteiger partial charge in [-0.05, 0) is 42.3 Å². The van der Waals surface area contributed by atoms with Gasteiger partial charge in [-0.15, -0.1) is 0 Å². The van der Waals surface area contributed by atoms with Crippen LogP contribution in [0, 0.1) is 0 Å². The van der Waals surface area contributed by atoms with Crippen molar-refractivity contribution in [2.24, 2.45) is 0 Å². The minimum absolute atomic E-state index is 0.266. The summed E-state index contributed by atoms with van der Waals surface area (Å²) in [6.45, 7) is 0.335. The van der Waals surface area contributed by atoms with Crippen LogP contribution in [0.1, 0.15) is 26.3 Å². The standard InChI is InChI=1S/C19H15N3O2/c20-16-5-4-15-17-13(16)2-1-3-14(17)18(23)22(19(15)24)11-8-12-6-9-21-10-7-12/h1-7,9-10H,8,11,20H2. The van der Waals surface area contributed by atoms with E-state index >= 15 is 0 Å². The van der Waals surface area contributed by atoms with Gasteiger partial charge < -0.3 is 5.73 Å². The van der Waals surface area contributed by atoms with Crippen LogP contribution >= 0.6 is 0 Å². The lowest BCUT2D eigenvalue weighted by atomic mass is 9.93. The fraction of sp³-hybridized carbons (Fsp3) is 0.105. The van der Waals surface area contributed by atoms with E-state index in [1.807, 2.05) is 18.2 Å². The summed E-state index contributed by atoms with van der Waals surface area (Å²) < 4.78 is 0. The summed E-state index contributed by atoms with van der Waals surface area (Å²) in [4.78, 5) is 30.9. The highest BCUT2D eigenvalue weighted by atomic mass is 16.2. The fourth-order valence-corrected chi connectivity index (χ4v) is 3.16. The third-order valence-electron chi connectivity index (χ3n) is 4.40. The van der Waals surface area contributed by atoms with E-state index in [1.165, 1.54) is 4.90 Å². The lowest BCUT2D eigenvalue weighted by molar-refractivity contribution is 0.0612. The van der Waals surface area contributed by atoms with Crippen molar-refractivity contribution in [2.75, 3.05) is 12.3 Å². The first kappa shape index (κ1) is 14.4. The predicted molar refractivity (Wildman–Crippen MR) is 91.7 cm³/mol. The fourth-order valence-electron chi connectivity index (χ4n) is 3.16. The number of imide groups is 1. The van der Waals surface area contributed by atoms with Crippen LogP contribution in [0.5, 0.6) is 0 Å². The number of carbonyl (C=O) groups is 2. The molecule has 0 atom stereocenters. The molecule has 2 heterocycles. The van der Waals surface area contributed by atoms with Crippen molar-refractivity contribution in [1.29, 1.82) is 0 Å². The molecular formula is C19H15N3O2. The Morgan fingerprint density at radius 1 is 0.917 bits per heavy atom. The number of nitrogen functional groups attached to an aromatic ring is 1. The van der Waals surface area contributed by atoms with Gasteiger partial charge in [-0.3, -0.25) is 19.5 Å². The quantitative estimate of drug-likeness (QED) is 0.595. The minimum Gasteiger partial charge on any atom is -0.398 e. The van der Waals surface area contributed by atoms with Crippen LogP contribution in [0.2, 0.25) is 0 Å². The molecule has 0 bridgehead atoms. The number of carbonyl (C=O) groups excluding carboxylic acids is 2. The highest BCUT2D eigenvalue weighted by Crippen LogP contribution is 2.33. The van der Waals surface area contributed by atoms with E-state index in [0.717, 1.165) is 10.9 Å². The van der Waals surface area contributed by atoms with Gasteiger partial charge in [0, 0.05) is 46.5 Å². The average molecular weight is 317 g/mol. The summed E-state index contributed by atoms with van der Waals surface area (Å²) in [5, 5.41) is 1.41. The molecule has 1 aromatic heterocycles. The molecule has 2 N–H and O–H groups in total. The Balaban J connectivity index is 1.74. The molecule has 24 heavy (non-hydrogen) atoms. The van der Waals surface area contributed by atoms with E-state index in [0.29, 0.717) is 35.2 Å². The summed E-state index contributed by atoms with van der Waals surface area (Å²) >= 11 is 0. The molecule has 2 amide bonds. The van der Waals surface area contributed by atoms with E-state index in [2.05, 4.69) is 4.98 Å². The van der Waals surface area contributed by atoms with Crippen LogP contribution in [-0.2, 0) is 6.42 Å². The number of rotatable bonds is 3. The van der Waals surface area contributed by atoms with Gasteiger partial charge in [-0.1, -0.05) is 12.1 Å². The third-order valence-corrected chi connectivity index (χ3v) is 4.40. The zero-order valence-electron chi connectivity index (χ0n) is 12.9. The highest BCUT2D eigenvalue weighted by molar-refractivity contribution is 6.26. The molecule has 0 fully saturated rings. The number of nitrogens with two attached hydrogens (primary N) is 1. The summed E-state index contributed by atoms with van der Waals surface area (Å²) in [5.74, 6) is -0.532. The molecule has 118 valence electrons. The first-order chi connectivity index (χ1) is 11.7. The van der Waals surface area contributed by atoms with E-state index in [4.69, 9.17) is 5.73 Å². The van der Waals surface area contributed by atoms with Crippen molar-refractivity contribution in [3.63, 3.8) is 0 Å². The van der Waals surface area contributed by atoms with Gasteiger partial charge in [0.05, 0.1) is 0 Å². The van der Waals surface area contributed by atoms with Gasteiger partial charge in [0.2, 0.25) is 0 Å². The Morgan fingerprint density at radius 2 is 1.62 bits per heavy atom. The first-order valence-electron chi connectivity index (χ1n) is 7.73. The Morgan fingerprint density at radius 3 is 2.38 bits per heavy atom. The summed E-state index contributed by atoms with van der Waals surface area (Å²) in [7, 11) is 0. The minimum atomic E-state index is -0.266. The number of hydrogen-bond donors (Lipinski definition) is 1. The van der Waals surface area contributed by atoms with Crippen LogP contribution in [0.15, 0.2) is 54.9 Å². The van der Waals surface area contributed by atoms with E-state index in [1.54, 1.807) is 36.7 Å². The second kappa shape index (κ2) is 5.45. The number of anilines is 1. The molecule has 1 aliphatic heterocycles. The lowest BCUT2D eigenvalue weighted by Crippen LogP contribution is -2.41. The number of amides is 2. The normalized spacial score (nSPS) is 13.6. The zero-order chi connectivity index (χ0) is 16.7. The second-order valence-corrected chi connectivity index (χ2v) is 5.80. The molecule has 0 unspecified atom stereocenters. The van der Waals surface area contributed by atoms with Crippen molar-refractivity contribution < 1.29 is 9.59 Å². The van der Waals surface area contributed by atoms with Crippen molar-refractivity contribution >= 4 is 28.3 Å². The highest BCUT2D eigenvalue weighted by Gasteiger charge is 2.32. The van der Waals surface area contributed by atoms with Gasteiger partial charge >= 0.3 is 0 Å². The lowest BCUT2D eigenvalue weighted by Gasteiger charge is -2.27. The van der Waals surface area contributed by atoms with Gasteiger partial charge in [0.25, 0.3) is 11.8 Å². The largest absolute Gasteiger partial charge is 0.398 e. The van der Waals surface area contributed by atoms with Crippen molar-refractivity contribution in [3.05, 3.63) is 71.5 Å². The Kier molecular flexibility index (Phi) is 3.27. The number of hydrogen-bond acceptors (Lipinski definition) is 4. The molecule has 0 spiro atoms. The van der Waals surface area contributed by atoms with Crippen LogP contribution < -0.4 is 5.73 Å². The molecule has 0 saturated heterocycles. The maximum atomic E-state index is 12.8. The van der Waals surface area contributed by atoms with Gasteiger partial charge in [-0.2, -0.15) is 0 Å². The Hall–Kier alpha value is -3.21. The van der Waals surface area contributed by atoms with E-state index in [-0.39, 0.29) is 11.8 Å². The van der Waals surface area contributed by atoms with Gasteiger partial charge in [0.1, 0.15) is 0 Å². The number of nitrogens with zero attached hydrogens (tertiary/aromatic N) is 2. The number of aromatic nitrogens is 1. The zero-order valence-corrected chi connectivity index (χ0v) is 12.9. The van der Waals surface area contributed by atoms with Crippen molar-refractivity contribution in [2.45, 2.75) is 6.42 Å². The molecule has 2 aromatic carbocycles. The maximum absolute atomic E-state index is 12.8. The predicted octanol–water partition coefficient (Wildman–Crippen LogP) is 2.66. The number of pyridine rings is 1. The maximum Gasteiger partial charge on any atom is 0.261 e. The molecule has 0 radical (unpaired) electrons. The van der Waals surface area contributed by atoms with Crippen molar-refractivity contribution in [1.82, 2.24) is 9.88 Å². The average Bonchev–Trinajstić information content (AvgIpc) is 2.61. The van der Waals surface area contributed by atoms with Gasteiger partial charge in [-0.25, -0.2) is 0 Å². The summed E-state index contributed by atoms with van der Waals surface area (Å²) in [6, 6.07) is 12.6. The molecule has 0 saturated carbocycles. The second-order valence-electron chi connectivity index (χ2n) is 5.80. The molecule has 1 aliphatic rings. The SMILES string of the molecule is Nc1ccc2c3c(cccc13)C(=O)N(CCc1ccncc1)C2=O. The van der Waals surface area contributed by atoms with Crippen LogP contribution in [0.4, 0.5) is 5.69 Å². The topological polar surface area (TPSA) is 76.3 Å². The monoisotopic (exact) mass is 317 g/mol. The third kappa shape index (κ3) is 2.13. The van der Waals surface area contributed by atoms with Crippen LogP contribution in [0.3, 0.4) is 0 Å². The molecular weight excluding hydrogens is 302 g/mol.